The Hall–Kier alpha value is -2.51. The van der Waals surface area contributed by atoms with Gasteiger partial charge in [0.2, 0.25) is 0 Å². The van der Waals surface area contributed by atoms with E-state index in [0.29, 0.717) is 40.5 Å². The maximum absolute atomic E-state index is 11.8. The lowest BCUT2D eigenvalue weighted by Gasteiger charge is -2.13. The summed E-state index contributed by atoms with van der Waals surface area (Å²) in [5.41, 5.74) is 3.17. The highest BCUT2D eigenvalue weighted by atomic mass is 32.2. The molecule has 152 valence electrons. The Morgan fingerprint density at radius 2 is 1.72 bits per heavy atom. The van der Waals surface area contributed by atoms with Crippen molar-refractivity contribution in [1.29, 1.82) is 0 Å². The Morgan fingerprint density at radius 3 is 2.38 bits per heavy atom. The molecular weight excluding hydrogens is 406 g/mol. The molecular formula is C22H23NO4S2. The van der Waals surface area contributed by atoms with Crippen molar-refractivity contribution in [2.75, 3.05) is 19.8 Å². The fourth-order valence-electron chi connectivity index (χ4n) is 2.90. The zero-order valence-corrected chi connectivity index (χ0v) is 18.2. The first-order valence-electron chi connectivity index (χ1n) is 9.30. The van der Waals surface area contributed by atoms with Gasteiger partial charge in [-0.3, -0.25) is 4.79 Å². The third-order valence-corrected chi connectivity index (χ3v) is 5.17. The topological polar surface area (TPSA) is 56.8 Å². The van der Waals surface area contributed by atoms with Crippen molar-refractivity contribution in [3.8, 4) is 17.2 Å². The third kappa shape index (κ3) is 5.98. The SMILES string of the molecule is CCOc1cc(/C=C2\SC(=S)NC2=O)ccc1OCCOc1cc(C)cc(C)c1. The highest BCUT2D eigenvalue weighted by Crippen LogP contribution is 2.32. The van der Waals surface area contributed by atoms with Crippen molar-refractivity contribution < 1.29 is 19.0 Å². The monoisotopic (exact) mass is 429 g/mol. The van der Waals surface area contributed by atoms with Crippen LogP contribution in [-0.4, -0.2) is 30.0 Å². The minimum absolute atomic E-state index is 0.179. The van der Waals surface area contributed by atoms with Gasteiger partial charge in [-0.15, -0.1) is 0 Å². The number of hydrogen-bond donors (Lipinski definition) is 1. The molecule has 1 aliphatic heterocycles. The Morgan fingerprint density at radius 1 is 1.00 bits per heavy atom. The van der Waals surface area contributed by atoms with Crippen molar-refractivity contribution in [3.05, 3.63) is 58.0 Å². The minimum Gasteiger partial charge on any atom is -0.490 e. The molecule has 1 saturated heterocycles. The summed E-state index contributed by atoms with van der Waals surface area (Å²) in [6, 6.07) is 11.7. The van der Waals surface area contributed by atoms with Crippen molar-refractivity contribution in [1.82, 2.24) is 5.32 Å². The van der Waals surface area contributed by atoms with Crippen molar-refractivity contribution in [3.63, 3.8) is 0 Å². The van der Waals surface area contributed by atoms with Gasteiger partial charge in [0.25, 0.3) is 5.91 Å². The fraction of sp³-hybridized carbons (Fsp3) is 0.273. The number of benzene rings is 2. The summed E-state index contributed by atoms with van der Waals surface area (Å²) < 4.78 is 17.8. The minimum atomic E-state index is -0.179. The number of hydrogen-bond acceptors (Lipinski definition) is 6. The van der Waals surface area contributed by atoms with E-state index in [1.165, 1.54) is 22.9 Å². The summed E-state index contributed by atoms with van der Waals surface area (Å²) in [7, 11) is 0. The lowest BCUT2D eigenvalue weighted by Crippen LogP contribution is -2.17. The quantitative estimate of drug-likeness (QED) is 0.375. The summed E-state index contributed by atoms with van der Waals surface area (Å²) in [6.07, 6.45) is 1.79. The molecule has 5 nitrogen and oxygen atoms in total. The molecule has 1 N–H and O–H groups in total. The van der Waals surface area contributed by atoms with Crippen LogP contribution < -0.4 is 19.5 Å². The number of ether oxygens (including phenoxy) is 3. The Bertz CT molecular complexity index is 936. The van der Waals surface area contributed by atoms with Crippen LogP contribution in [0.2, 0.25) is 0 Å². The molecule has 29 heavy (non-hydrogen) atoms. The summed E-state index contributed by atoms with van der Waals surface area (Å²) in [6.45, 7) is 7.33. The van der Waals surface area contributed by atoms with E-state index in [-0.39, 0.29) is 5.91 Å². The maximum atomic E-state index is 11.8. The first kappa shape index (κ1) is 21.2. The van der Waals surface area contributed by atoms with E-state index in [1.807, 2.05) is 51.1 Å². The molecule has 1 aliphatic rings. The molecule has 2 aromatic rings. The number of aryl methyl sites for hydroxylation is 2. The second-order valence-electron chi connectivity index (χ2n) is 6.51. The van der Waals surface area contributed by atoms with Crippen LogP contribution in [0.15, 0.2) is 41.3 Å². The van der Waals surface area contributed by atoms with E-state index in [0.717, 1.165) is 11.3 Å². The van der Waals surface area contributed by atoms with Gasteiger partial charge in [0, 0.05) is 0 Å². The predicted octanol–water partition coefficient (Wildman–Crippen LogP) is 4.65. The van der Waals surface area contributed by atoms with E-state index in [2.05, 4.69) is 11.4 Å². The van der Waals surface area contributed by atoms with Gasteiger partial charge >= 0.3 is 0 Å². The summed E-state index contributed by atoms with van der Waals surface area (Å²) in [4.78, 5) is 12.4. The molecule has 0 atom stereocenters. The molecule has 0 spiro atoms. The molecule has 0 bridgehead atoms. The summed E-state index contributed by atoms with van der Waals surface area (Å²) in [5.74, 6) is 1.92. The molecule has 1 fully saturated rings. The second-order valence-corrected chi connectivity index (χ2v) is 8.23. The fourth-order valence-corrected chi connectivity index (χ4v) is 3.95. The van der Waals surface area contributed by atoms with Gasteiger partial charge in [-0.2, -0.15) is 0 Å². The first-order chi connectivity index (χ1) is 13.9. The molecule has 1 amide bonds. The third-order valence-electron chi connectivity index (χ3n) is 4.01. The zero-order chi connectivity index (χ0) is 20.8. The van der Waals surface area contributed by atoms with Crippen LogP contribution in [0.1, 0.15) is 23.6 Å². The number of rotatable bonds is 8. The molecule has 0 aromatic heterocycles. The van der Waals surface area contributed by atoms with Crippen molar-refractivity contribution in [2.45, 2.75) is 20.8 Å². The lowest BCUT2D eigenvalue weighted by atomic mass is 10.1. The van der Waals surface area contributed by atoms with E-state index in [4.69, 9.17) is 26.4 Å². The van der Waals surface area contributed by atoms with Crippen LogP contribution in [0.3, 0.4) is 0 Å². The van der Waals surface area contributed by atoms with E-state index < -0.39 is 0 Å². The Labute approximate surface area is 180 Å². The van der Waals surface area contributed by atoms with Gasteiger partial charge in [-0.1, -0.05) is 36.1 Å². The van der Waals surface area contributed by atoms with Crippen LogP contribution >= 0.6 is 24.0 Å². The molecule has 0 aliphatic carbocycles. The Balaban J connectivity index is 1.63. The number of thioether (sulfide) groups is 1. The highest BCUT2D eigenvalue weighted by molar-refractivity contribution is 8.26. The van der Waals surface area contributed by atoms with Crippen LogP contribution in [0.25, 0.3) is 6.08 Å². The smallest absolute Gasteiger partial charge is 0.263 e. The van der Waals surface area contributed by atoms with Gasteiger partial charge in [-0.25, -0.2) is 0 Å². The molecule has 0 saturated carbocycles. The second kappa shape index (κ2) is 9.80. The first-order valence-corrected chi connectivity index (χ1v) is 10.5. The van der Waals surface area contributed by atoms with Crippen molar-refractivity contribution in [2.24, 2.45) is 0 Å². The van der Waals surface area contributed by atoms with Crippen LogP contribution in [-0.2, 0) is 4.79 Å². The summed E-state index contributed by atoms with van der Waals surface area (Å²) >= 11 is 6.27. The molecule has 2 aromatic carbocycles. The average Bonchev–Trinajstić information content (AvgIpc) is 2.96. The van der Waals surface area contributed by atoms with E-state index in [1.54, 1.807) is 6.08 Å². The molecule has 3 rings (SSSR count). The van der Waals surface area contributed by atoms with Gasteiger partial charge < -0.3 is 19.5 Å². The maximum Gasteiger partial charge on any atom is 0.263 e. The summed E-state index contributed by atoms with van der Waals surface area (Å²) in [5, 5.41) is 2.61. The standard InChI is InChI=1S/C22H23NO4S2/c1-4-25-19-12-16(13-20-21(24)23-22(28)29-20)5-6-18(19)27-8-7-26-17-10-14(2)9-15(3)11-17/h5-6,9-13H,4,7-8H2,1-3H3,(H,23,24,28)/b20-13-. The van der Waals surface area contributed by atoms with Crippen LogP contribution in [0, 0.1) is 13.8 Å². The number of thiocarbonyl (C=S) groups is 1. The van der Waals surface area contributed by atoms with Gasteiger partial charge in [0.05, 0.1) is 11.5 Å². The number of carbonyl (C=O) groups is 1. The van der Waals surface area contributed by atoms with Gasteiger partial charge in [0.1, 0.15) is 23.3 Å². The van der Waals surface area contributed by atoms with Gasteiger partial charge in [0.15, 0.2) is 11.5 Å². The molecule has 1 heterocycles. The largest absolute Gasteiger partial charge is 0.490 e. The van der Waals surface area contributed by atoms with E-state index in [9.17, 15) is 4.79 Å². The molecule has 0 unspecified atom stereocenters. The van der Waals surface area contributed by atoms with E-state index >= 15 is 0 Å². The number of carbonyl (C=O) groups excluding carboxylic acids is 1. The number of nitrogens with one attached hydrogen (secondary N) is 1. The zero-order valence-electron chi connectivity index (χ0n) is 16.6. The predicted molar refractivity (Wildman–Crippen MR) is 121 cm³/mol. The van der Waals surface area contributed by atoms with Gasteiger partial charge in [-0.05, 0) is 67.8 Å². The molecule has 0 radical (unpaired) electrons. The average molecular weight is 430 g/mol. The van der Waals surface area contributed by atoms with Crippen LogP contribution in [0.5, 0.6) is 17.2 Å². The van der Waals surface area contributed by atoms with Crippen molar-refractivity contribution >= 4 is 40.3 Å². The van der Waals surface area contributed by atoms with Crippen LogP contribution in [0.4, 0.5) is 0 Å². The normalized spacial score (nSPS) is 14.8. The number of amides is 1. The lowest BCUT2D eigenvalue weighted by molar-refractivity contribution is -0.115. The molecule has 7 heteroatoms. The Kier molecular flexibility index (Phi) is 7.17. The highest BCUT2D eigenvalue weighted by Gasteiger charge is 2.22.